The van der Waals surface area contributed by atoms with Gasteiger partial charge in [0.15, 0.2) is 0 Å². The fourth-order valence-corrected chi connectivity index (χ4v) is 2.43. The van der Waals surface area contributed by atoms with Gasteiger partial charge in [-0.15, -0.1) is 0 Å². The van der Waals surface area contributed by atoms with Crippen LogP contribution in [0.2, 0.25) is 0 Å². The number of rotatable bonds is 6. The maximum absolute atomic E-state index is 5.96. The molecule has 0 bridgehead atoms. The molecular formula is C15H26N2. The first-order valence-corrected chi connectivity index (χ1v) is 6.58. The Bertz CT molecular complexity index is 333. The van der Waals surface area contributed by atoms with E-state index in [0.717, 1.165) is 13.0 Å². The van der Waals surface area contributed by atoms with Crippen LogP contribution < -0.4 is 5.73 Å². The number of aryl methyl sites for hydroxylation is 1. The molecule has 0 aliphatic carbocycles. The van der Waals surface area contributed by atoms with E-state index >= 15 is 0 Å². The monoisotopic (exact) mass is 234 g/mol. The van der Waals surface area contributed by atoms with Crippen molar-refractivity contribution in [3.63, 3.8) is 0 Å². The van der Waals surface area contributed by atoms with Gasteiger partial charge in [0.1, 0.15) is 0 Å². The molecule has 0 radical (unpaired) electrons. The molecule has 0 fully saturated rings. The standard InChI is InChI=1S/C15H26N2/c1-5-13-8-6-7-9-14(13)15(10-16)17(4)11-12(2)3/h6-9,12,15H,5,10-11,16H2,1-4H3. The Kier molecular flexibility index (Phi) is 5.66. The first kappa shape index (κ1) is 14.2. The minimum absolute atomic E-state index is 0.341. The van der Waals surface area contributed by atoms with Gasteiger partial charge in [0.05, 0.1) is 0 Å². The molecule has 0 aromatic heterocycles. The summed E-state index contributed by atoms with van der Waals surface area (Å²) in [5, 5.41) is 0. The zero-order chi connectivity index (χ0) is 12.8. The molecule has 2 heteroatoms. The zero-order valence-corrected chi connectivity index (χ0v) is 11.6. The van der Waals surface area contributed by atoms with Crippen molar-refractivity contribution in [2.75, 3.05) is 20.1 Å². The van der Waals surface area contributed by atoms with E-state index < -0.39 is 0 Å². The van der Waals surface area contributed by atoms with E-state index in [9.17, 15) is 0 Å². The van der Waals surface area contributed by atoms with Crippen molar-refractivity contribution in [2.24, 2.45) is 11.7 Å². The van der Waals surface area contributed by atoms with Crippen molar-refractivity contribution in [3.8, 4) is 0 Å². The predicted octanol–water partition coefficient (Wildman–Crippen LogP) is 2.84. The first-order chi connectivity index (χ1) is 8.10. The molecule has 1 rings (SSSR count). The van der Waals surface area contributed by atoms with Gasteiger partial charge in [-0.2, -0.15) is 0 Å². The van der Waals surface area contributed by atoms with Gasteiger partial charge in [-0.3, -0.25) is 4.90 Å². The van der Waals surface area contributed by atoms with Crippen LogP contribution >= 0.6 is 0 Å². The summed E-state index contributed by atoms with van der Waals surface area (Å²) in [5.41, 5.74) is 8.77. The summed E-state index contributed by atoms with van der Waals surface area (Å²) < 4.78 is 0. The van der Waals surface area contributed by atoms with Gasteiger partial charge >= 0.3 is 0 Å². The van der Waals surface area contributed by atoms with Crippen molar-refractivity contribution in [2.45, 2.75) is 33.2 Å². The third-order valence-electron chi connectivity index (χ3n) is 3.20. The summed E-state index contributed by atoms with van der Waals surface area (Å²) in [4.78, 5) is 2.37. The topological polar surface area (TPSA) is 29.3 Å². The lowest BCUT2D eigenvalue weighted by Crippen LogP contribution is -2.33. The van der Waals surface area contributed by atoms with Gasteiger partial charge in [-0.25, -0.2) is 0 Å². The highest BCUT2D eigenvalue weighted by molar-refractivity contribution is 5.30. The Morgan fingerprint density at radius 2 is 1.88 bits per heavy atom. The third kappa shape index (κ3) is 3.83. The highest BCUT2D eigenvalue weighted by Gasteiger charge is 2.18. The molecule has 2 nitrogen and oxygen atoms in total. The Hall–Kier alpha value is -0.860. The average Bonchev–Trinajstić information content (AvgIpc) is 2.29. The molecule has 0 heterocycles. The van der Waals surface area contributed by atoms with E-state index in [1.807, 2.05) is 0 Å². The van der Waals surface area contributed by atoms with Crippen molar-refractivity contribution in [3.05, 3.63) is 35.4 Å². The number of benzene rings is 1. The van der Waals surface area contributed by atoms with E-state index in [-0.39, 0.29) is 0 Å². The van der Waals surface area contributed by atoms with Crippen LogP contribution in [0, 0.1) is 5.92 Å². The predicted molar refractivity (Wildman–Crippen MR) is 75.1 cm³/mol. The first-order valence-electron chi connectivity index (χ1n) is 6.58. The van der Waals surface area contributed by atoms with Crippen molar-refractivity contribution < 1.29 is 0 Å². The summed E-state index contributed by atoms with van der Waals surface area (Å²) in [5.74, 6) is 0.669. The highest BCUT2D eigenvalue weighted by atomic mass is 15.1. The fourth-order valence-electron chi connectivity index (χ4n) is 2.43. The lowest BCUT2D eigenvalue weighted by atomic mass is 9.97. The molecule has 17 heavy (non-hydrogen) atoms. The van der Waals surface area contributed by atoms with Crippen LogP contribution in [0.25, 0.3) is 0 Å². The SMILES string of the molecule is CCc1ccccc1C(CN)N(C)CC(C)C. The fraction of sp³-hybridized carbons (Fsp3) is 0.600. The molecule has 2 N–H and O–H groups in total. The van der Waals surface area contributed by atoms with Crippen LogP contribution in [0.15, 0.2) is 24.3 Å². The van der Waals surface area contributed by atoms with E-state index in [0.29, 0.717) is 18.5 Å². The Labute approximate surface area is 106 Å². The number of nitrogens with two attached hydrogens (primary N) is 1. The van der Waals surface area contributed by atoms with Gasteiger partial charge < -0.3 is 5.73 Å². The highest BCUT2D eigenvalue weighted by Crippen LogP contribution is 2.23. The molecule has 96 valence electrons. The van der Waals surface area contributed by atoms with Crippen molar-refractivity contribution in [1.82, 2.24) is 4.90 Å². The average molecular weight is 234 g/mol. The molecule has 1 unspecified atom stereocenters. The number of hydrogen-bond acceptors (Lipinski definition) is 2. The van der Waals surface area contributed by atoms with E-state index in [2.05, 4.69) is 57.0 Å². The Morgan fingerprint density at radius 1 is 1.24 bits per heavy atom. The molecule has 1 atom stereocenters. The van der Waals surface area contributed by atoms with E-state index in [1.165, 1.54) is 11.1 Å². The lowest BCUT2D eigenvalue weighted by molar-refractivity contribution is 0.223. The van der Waals surface area contributed by atoms with Crippen molar-refractivity contribution >= 4 is 0 Å². The minimum Gasteiger partial charge on any atom is -0.329 e. The number of nitrogens with zero attached hydrogens (tertiary/aromatic N) is 1. The molecular weight excluding hydrogens is 208 g/mol. The summed E-state index contributed by atoms with van der Waals surface area (Å²) in [7, 11) is 2.17. The van der Waals surface area contributed by atoms with Crippen LogP contribution in [0.5, 0.6) is 0 Å². The molecule has 0 saturated heterocycles. The maximum Gasteiger partial charge on any atom is 0.0470 e. The smallest absolute Gasteiger partial charge is 0.0470 e. The van der Waals surface area contributed by atoms with Crippen LogP contribution in [0.3, 0.4) is 0 Å². The van der Waals surface area contributed by atoms with Crippen LogP contribution in [0.1, 0.15) is 37.9 Å². The zero-order valence-electron chi connectivity index (χ0n) is 11.6. The van der Waals surface area contributed by atoms with Gasteiger partial charge in [0.2, 0.25) is 0 Å². The number of likely N-dealkylation sites (N-methyl/N-ethyl adjacent to an activating group) is 1. The summed E-state index contributed by atoms with van der Waals surface area (Å²) >= 11 is 0. The summed E-state index contributed by atoms with van der Waals surface area (Å²) in [6.45, 7) is 8.46. The van der Waals surface area contributed by atoms with Crippen LogP contribution in [-0.4, -0.2) is 25.0 Å². The normalized spacial score (nSPS) is 13.4. The largest absolute Gasteiger partial charge is 0.329 e. The molecule has 1 aromatic carbocycles. The molecule has 1 aromatic rings. The van der Waals surface area contributed by atoms with E-state index in [4.69, 9.17) is 5.73 Å². The van der Waals surface area contributed by atoms with Gasteiger partial charge in [0.25, 0.3) is 0 Å². The van der Waals surface area contributed by atoms with Crippen LogP contribution in [-0.2, 0) is 6.42 Å². The maximum atomic E-state index is 5.96. The second-order valence-electron chi connectivity index (χ2n) is 5.14. The molecule has 0 amide bonds. The molecule has 0 saturated carbocycles. The van der Waals surface area contributed by atoms with Gasteiger partial charge in [0, 0.05) is 19.1 Å². The summed E-state index contributed by atoms with van der Waals surface area (Å²) in [6, 6.07) is 8.99. The Morgan fingerprint density at radius 3 is 2.41 bits per heavy atom. The van der Waals surface area contributed by atoms with E-state index in [1.54, 1.807) is 0 Å². The molecule has 0 aliphatic heterocycles. The van der Waals surface area contributed by atoms with Gasteiger partial charge in [-0.05, 0) is 30.5 Å². The van der Waals surface area contributed by atoms with Crippen molar-refractivity contribution in [1.29, 1.82) is 0 Å². The minimum atomic E-state index is 0.341. The van der Waals surface area contributed by atoms with Crippen LogP contribution in [0.4, 0.5) is 0 Å². The molecule has 0 aliphatic rings. The third-order valence-corrected chi connectivity index (χ3v) is 3.20. The molecule has 0 spiro atoms. The Balaban J connectivity index is 2.92. The number of hydrogen-bond donors (Lipinski definition) is 1. The quantitative estimate of drug-likeness (QED) is 0.820. The van der Waals surface area contributed by atoms with Gasteiger partial charge in [-0.1, -0.05) is 45.0 Å². The summed E-state index contributed by atoms with van der Waals surface area (Å²) in [6.07, 6.45) is 1.07. The lowest BCUT2D eigenvalue weighted by Gasteiger charge is -2.30. The second-order valence-corrected chi connectivity index (χ2v) is 5.14. The second kappa shape index (κ2) is 6.77.